The van der Waals surface area contributed by atoms with Crippen molar-refractivity contribution in [1.29, 1.82) is 5.26 Å². The predicted octanol–water partition coefficient (Wildman–Crippen LogP) is 5.46. The van der Waals surface area contributed by atoms with E-state index in [9.17, 15) is 14.9 Å². The van der Waals surface area contributed by atoms with Crippen molar-refractivity contribution in [3.63, 3.8) is 0 Å². The van der Waals surface area contributed by atoms with Gasteiger partial charge in [0.2, 0.25) is 0 Å². The Labute approximate surface area is 188 Å². The number of carbonyl (C=O) groups is 2. The minimum atomic E-state index is -0.440. The Morgan fingerprint density at radius 3 is 2.42 bits per heavy atom. The van der Waals surface area contributed by atoms with Crippen molar-refractivity contribution in [2.24, 2.45) is 0 Å². The highest BCUT2D eigenvalue weighted by Crippen LogP contribution is 2.41. The largest absolute Gasteiger partial charge is 0.353 e. The molecule has 2 aromatic rings. The molecule has 2 aromatic carbocycles. The van der Waals surface area contributed by atoms with Crippen LogP contribution in [0, 0.1) is 18.3 Å². The lowest BCUT2D eigenvalue weighted by atomic mass is 9.80. The summed E-state index contributed by atoms with van der Waals surface area (Å²) < 4.78 is 0. The van der Waals surface area contributed by atoms with Gasteiger partial charge in [-0.2, -0.15) is 5.26 Å². The maximum atomic E-state index is 12.7. The lowest BCUT2D eigenvalue weighted by molar-refractivity contribution is -0.113. The van der Waals surface area contributed by atoms with E-state index >= 15 is 0 Å². The Morgan fingerprint density at radius 1 is 1.13 bits per heavy atom. The molecule has 0 bridgehead atoms. The molecule has 1 N–H and O–H groups in total. The van der Waals surface area contributed by atoms with Gasteiger partial charge in [-0.3, -0.25) is 9.59 Å². The molecular weight excluding hydrogens is 404 g/mol. The van der Waals surface area contributed by atoms with Crippen LogP contribution >= 0.6 is 11.8 Å². The molecule has 0 aliphatic carbocycles. The van der Waals surface area contributed by atoms with E-state index < -0.39 is 5.92 Å². The van der Waals surface area contributed by atoms with Crippen molar-refractivity contribution in [1.82, 2.24) is 5.32 Å². The number of allylic oxidation sites excluding steroid dienone is 3. The first-order valence-electron chi connectivity index (χ1n) is 10.3. The number of nitriles is 1. The smallest absolute Gasteiger partial charge is 0.173 e. The van der Waals surface area contributed by atoms with Gasteiger partial charge in [0, 0.05) is 16.8 Å². The fourth-order valence-corrected chi connectivity index (χ4v) is 4.81. The lowest BCUT2D eigenvalue weighted by Crippen LogP contribution is -2.27. The quantitative estimate of drug-likeness (QED) is 0.591. The van der Waals surface area contributed by atoms with E-state index in [-0.39, 0.29) is 17.3 Å². The summed E-state index contributed by atoms with van der Waals surface area (Å²) in [4.78, 5) is 25.2. The molecule has 158 valence electrons. The van der Waals surface area contributed by atoms with E-state index in [1.54, 1.807) is 0 Å². The summed E-state index contributed by atoms with van der Waals surface area (Å²) in [5.74, 6) is -0.293. The van der Waals surface area contributed by atoms with Gasteiger partial charge in [0.05, 0.1) is 28.3 Å². The number of ketones is 2. The first-order chi connectivity index (χ1) is 14.8. The summed E-state index contributed by atoms with van der Waals surface area (Å²) >= 11 is 1.31. The summed E-state index contributed by atoms with van der Waals surface area (Å²) in [5, 5.41) is 13.9. The van der Waals surface area contributed by atoms with E-state index in [2.05, 4.69) is 18.3 Å². The molecular formula is C26H26N2O2S. The number of nitrogens with one attached hydrogen (secondary N) is 1. The van der Waals surface area contributed by atoms with Crippen LogP contribution in [0.2, 0.25) is 0 Å². The van der Waals surface area contributed by atoms with Crippen LogP contribution in [0.3, 0.4) is 0 Å². The molecule has 1 heterocycles. The SMILES string of the molecule is CCc1ccc(C(=O)CSC2=C(C#N)C(c3cccc(C)c3)C(C(C)=O)=C(C)N2)cc1. The van der Waals surface area contributed by atoms with Gasteiger partial charge in [-0.15, -0.1) is 0 Å². The molecule has 1 atom stereocenters. The van der Waals surface area contributed by atoms with Crippen LogP contribution < -0.4 is 5.32 Å². The number of hydrogen-bond donors (Lipinski definition) is 1. The van der Waals surface area contributed by atoms with E-state index in [4.69, 9.17) is 0 Å². The van der Waals surface area contributed by atoms with E-state index in [1.807, 2.05) is 62.4 Å². The maximum Gasteiger partial charge on any atom is 0.173 e. The Hall–Kier alpha value is -3.10. The van der Waals surface area contributed by atoms with Crippen LogP contribution in [0.25, 0.3) is 0 Å². The van der Waals surface area contributed by atoms with Gasteiger partial charge in [0.25, 0.3) is 0 Å². The Bertz CT molecular complexity index is 1120. The molecule has 0 fully saturated rings. The average molecular weight is 431 g/mol. The summed E-state index contributed by atoms with van der Waals surface area (Å²) in [7, 11) is 0. The first-order valence-corrected chi connectivity index (χ1v) is 11.3. The number of aryl methyl sites for hydroxylation is 2. The third-order valence-corrected chi connectivity index (χ3v) is 6.45. The molecule has 31 heavy (non-hydrogen) atoms. The second-order valence-corrected chi connectivity index (χ2v) is 8.67. The number of nitrogens with zero attached hydrogens (tertiary/aromatic N) is 1. The average Bonchev–Trinajstić information content (AvgIpc) is 2.76. The molecule has 0 saturated carbocycles. The normalized spacial score (nSPS) is 16.0. The van der Waals surface area contributed by atoms with Crippen LogP contribution in [-0.4, -0.2) is 17.3 Å². The topological polar surface area (TPSA) is 70.0 Å². The number of carbonyl (C=O) groups excluding carboxylic acids is 2. The minimum absolute atomic E-state index is 0.00495. The number of dihydropyridines is 1. The highest BCUT2D eigenvalue weighted by molar-refractivity contribution is 8.03. The minimum Gasteiger partial charge on any atom is -0.353 e. The lowest BCUT2D eigenvalue weighted by Gasteiger charge is -2.29. The molecule has 0 spiro atoms. The molecule has 0 radical (unpaired) electrons. The summed E-state index contributed by atoms with van der Waals surface area (Å²) in [6.07, 6.45) is 0.927. The third-order valence-electron chi connectivity index (χ3n) is 5.43. The number of rotatable bonds is 7. The van der Waals surface area contributed by atoms with Crippen molar-refractivity contribution in [3.05, 3.63) is 92.7 Å². The summed E-state index contributed by atoms with van der Waals surface area (Å²) in [6.45, 7) is 7.44. The zero-order valence-corrected chi connectivity index (χ0v) is 19.1. The van der Waals surface area contributed by atoms with Crippen molar-refractivity contribution in [2.75, 3.05) is 5.75 Å². The zero-order valence-electron chi connectivity index (χ0n) is 18.3. The molecule has 0 saturated heterocycles. The fraction of sp³-hybridized carbons (Fsp3) is 0.269. The van der Waals surface area contributed by atoms with Crippen LogP contribution in [0.1, 0.15) is 53.7 Å². The molecule has 0 aromatic heterocycles. The monoisotopic (exact) mass is 430 g/mol. The predicted molar refractivity (Wildman–Crippen MR) is 126 cm³/mol. The van der Waals surface area contributed by atoms with Crippen molar-refractivity contribution in [2.45, 2.75) is 40.0 Å². The van der Waals surface area contributed by atoms with E-state index in [1.165, 1.54) is 24.2 Å². The number of thioether (sulfide) groups is 1. The van der Waals surface area contributed by atoms with E-state index in [0.29, 0.717) is 21.7 Å². The van der Waals surface area contributed by atoms with Crippen molar-refractivity contribution >= 4 is 23.3 Å². The molecule has 3 rings (SSSR count). The second-order valence-electron chi connectivity index (χ2n) is 7.68. The van der Waals surface area contributed by atoms with Gasteiger partial charge in [0.1, 0.15) is 0 Å². The Kier molecular flexibility index (Phi) is 7.14. The number of benzene rings is 2. The van der Waals surface area contributed by atoms with Gasteiger partial charge in [-0.25, -0.2) is 0 Å². The fourth-order valence-electron chi connectivity index (χ4n) is 3.82. The molecule has 1 unspecified atom stereocenters. The van der Waals surface area contributed by atoms with Crippen molar-refractivity contribution < 1.29 is 9.59 Å². The summed E-state index contributed by atoms with van der Waals surface area (Å²) in [6, 6.07) is 17.8. The van der Waals surface area contributed by atoms with Crippen LogP contribution in [0.5, 0.6) is 0 Å². The van der Waals surface area contributed by atoms with Gasteiger partial charge in [-0.1, -0.05) is 72.8 Å². The Balaban J connectivity index is 1.92. The second kappa shape index (κ2) is 9.80. The maximum absolute atomic E-state index is 12.7. The van der Waals surface area contributed by atoms with E-state index in [0.717, 1.165) is 23.2 Å². The zero-order chi connectivity index (χ0) is 22.5. The first kappa shape index (κ1) is 22.6. The molecule has 1 aliphatic heterocycles. The molecule has 1 aliphatic rings. The third kappa shape index (κ3) is 4.98. The number of Topliss-reactive ketones (excluding diaryl/α,β-unsaturated/α-hetero) is 2. The van der Waals surface area contributed by atoms with Crippen LogP contribution in [-0.2, 0) is 11.2 Å². The van der Waals surface area contributed by atoms with Crippen LogP contribution in [0.15, 0.2) is 70.4 Å². The number of hydrogen-bond acceptors (Lipinski definition) is 5. The van der Waals surface area contributed by atoms with Gasteiger partial charge in [-0.05, 0) is 38.3 Å². The molecule has 5 heteroatoms. The van der Waals surface area contributed by atoms with Gasteiger partial charge < -0.3 is 5.32 Å². The van der Waals surface area contributed by atoms with Gasteiger partial charge in [0.15, 0.2) is 11.6 Å². The van der Waals surface area contributed by atoms with Crippen LogP contribution in [0.4, 0.5) is 0 Å². The highest BCUT2D eigenvalue weighted by atomic mass is 32.2. The van der Waals surface area contributed by atoms with Gasteiger partial charge >= 0.3 is 0 Å². The Morgan fingerprint density at radius 2 is 1.84 bits per heavy atom. The molecule has 4 nitrogen and oxygen atoms in total. The summed E-state index contributed by atoms with van der Waals surface area (Å²) in [5.41, 5.74) is 5.60. The molecule has 0 amide bonds. The highest BCUT2D eigenvalue weighted by Gasteiger charge is 2.33. The standard InChI is InChI=1S/C26H26N2O2S/c1-5-19-9-11-20(12-10-19)23(30)15-31-26-22(14-27)25(21-8-6-7-16(2)13-21)24(18(4)29)17(3)28-26/h6-13,25,28H,5,15H2,1-4H3. The van der Waals surface area contributed by atoms with Crippen molar-refractivity contribution in [3.8, 4) is 6.07 Å².